The van der Waals surface area contributed by atoms with Gasteiger partial charge in [0.15, 0.2) is 0 Å². The van der Waals surface area contributed by atoms with Crippen molar-refractivity contribution in [2.75, 3.05) is 19.6 Å². The van der Waals surface area contributed by atoms with E-state index in [4.69, 9.17) is 4.74 Å². The fourth-order valence-corrected chi connectivity index (χ4v) is 7.28. The van der Waals surface area contributed by atoms with Gasteiger partial charge < -0.3 is 25.6 Å². The maximum atomic E-state index is 14.3. The maximum absolute atomic E-state index is 14.3. The molecule has 0 bridgehead atoms. The summed E-state index contributed by atoms with van der Waals surface area (Å²) < 4.78 is 20.4. The van der Waals surface area contributed by atoms with Crippen molar-refractivity contribution in [1.82, 2.24) is 30.8 Å². The molecule has 2 aromatic heterocycles. The first kappa shape index (κ1) is 33.7. The van der Waals surface area contributed by atoms with Crippen molar-refractivity contribution in [3.63, 3.8) is 0 Å². The van der Waals surface area contributed by atoms with E-state index < -0.39 is 11.7 Å². The van der Waals surface area contributed by atoms with Gasteiger partial charge >= 0.3 is 0 Å². The molecule has 1 aliphatic carbocycles. The van der Waals surface area contributed by atoms with Gasteiger partial charge in [-0.3, -0.25) is 9.59 Å². The average Bonchev–Trinajstić information content (AvgIpc) is 3.62. The Labute approximate surface area is 285 Å². The third-order valence-corrected chi connectivity index (χ3v) is 9.62. The van der Waals surface area contributed by atoms with Gasteiger partial charge in [0.25, 0.3) is 11.8 Å². The number of hydrogen-bond donors (Lipinski definition) is 3. The van der Waals surface area contributed by atoms with Crippen LogP contribution in [-0.2, 0) is 6.42 Å². The van der Waals surface area contributed by atoms with Crippen molar-refractivity contribution >= 4 is 23.2 Å². The predicted molar refractivity (Wildman–Crippen MR) is 186 cm³/mol. The number of pyridine rings is 1. The lowest BCUT2D eigenvalue weighted by atomic mass is 9.91. The quantitative estimate of drug-likeness (QED) is 0.174. The molecule has 3 N–H and O–H groups in total. The van der Waals surface area contributed by atoms with E-state index >= 15 is 0 Å². The van der Waals surface area contributed by atoms with E-state index in [9.17, 15) is 14.0 Å². The van der Waals surface area contributed by atoms with Crippen molar-refractivity contribution in [2.24, 2.45) is 0 Å². The van der Waals surface area contributed by atoms with E-state index in [0.717, 1.165) is 55.9 Å². The molecule has 1 saturated heterocycles. The van der Waals surface area contributed by atoms with Gasteiger partial charge in [-0.1, -0.05) is 36.4 Å². The number of aromatic nitrogens is 2. The molecule has 2 aliphatic rings. The number of thiazole rings is 1. The highest BCUT2D eigenvalue weighted by atomic mass is 32.1. The van der Waals surface area contributed by atoms with Crippen LogP contribution in [0.2, 0.25) is 0 Å². The lowest BCUT2D eigenvalue weighted by molar-refractivity contribution is 0.0888. The first-order chi connectivity index (χ1) is 23.3. The Balaban J connectivity index is 1.03. The fourth-order valence-electron chi connectivity index (χ4n) is 6.74. The van der Waals surface area contributed by atoms with Crippen molar-refractivity contribution in [3.8, 4) is 22.8 Å². The van der Waals surface area contributed by atoms with Gasteiger partial charge in [0, 0.05) is 42.6 Å². The molecule has 0 radical (unpaired) electrons. The molecule has 2 amide bonds. The SMILES string of the molecule is C[C@@H]1CN(CCCc2ccc(-c3cccc(Oc4ncc(F)cc4C(=O)N[C@H]4CC[C@H](NC(=O)c5cscn5)CC4)c3)cc2)C[C@H](C)N1. The Morgan fingerprint density at radius 3 is 2.33 bits per heavy atom. The van der Waals surface area contributed by atoms with E-state index in [1.807, 2.05) is 18.2 Å². The van der Waals surface area contributed by atoms with Crippen molar-refractivity contribution in [2.45, 2.75) is 76.5 Å². The van der Waals surface area contributed by atoms with Crippen LogP contribution in [-0.4, -0.2) is 70.5 Å². The van der Waals surface area contributed by atoms with Crippen LogP contribution in [0.5, 0.6) is 11.6 Å². The highest BCUT2D eigenvalue weighted by molar-refractivity contribution is 7.07. The second kappa shape index (κ2) is 15.8. The van der Waals surface area contributed by atoms with Gasteiger partial charge in [-0.05, 0) is 93.8 Å². The molecule has 2 aromatic carbocycles. The summed E-state index contributed by atoms with van der Waals surface area (Å²) in [5, 5.41) is 11.3. The van der Waals surface area contributed by atoms with E-state index in [1.54, 1.807) is 17.0 Å². The lowest BCUT2D eigenvalue weighted by Crippen LogP contribution is -2.54. The van der Waals surface area contributed by atoms with Crippen molar-refractivity contribution < 1.29 is 18.7 Å². The zero-order valence-electron chi connectivity index (χ0n) is 27.5. The first-order valence-electron chi connectivity index (χ1n) is 16.8. The number of nitrogens with zero attached hydrogens (tertiary/aromatic N) is 3. The van der Waals surface area contributed by atoms with Crippen molar-refractivity contribution in [1.29, 1.82) is 0 Å². The summed E-state index contributed by atoms with van der Waals surface area (Å²) in [4.78, 5) is 36.4. The lowest BCUT2D eigenvalue weighted by Gasteiger charge is -2.36. The molecule has 2 atom stereocenters. The molecule has 0 unspecified atom stereocenters. The Morgan fingerprint density at radius 1 is 0.938 bits per heavy atom. The van der Waals surface area contributed by atoms with Gasteiger partial charge in [0.2, 0.25) is 5.88 Å². The molecule has 6 rings (SSSR count). The molecule has 2 fully saturated rings. The van der Waals surface area contributed by atoms with Gasteiger partial charge in [0.05, 0.1) is 11.7 Å². The normalized spacial score (nSPS) is 21.4. The Morgan fingerprint density at radius 2 is 1.65 bits per heavy atom. The summed E-state index contributed by atoms with van der Waals surface area (Å²) in [5.74, 6) is -0.704. The molecule has 1 saturated carbocycles. The van der Waals surface area contributed by atoms with Crippen LogP contribution in [0.4, 0.5) is 4.39 Å². The molecule has 4 aromatic rings. The van der Waals surface area contributed by atoms with Crippen LogP contribution in [0.3, 0.4) is 0 Å². The van der Waals surface area contributed by atoms with Gasteiger partial charge in [-0.25, -0.2) is 14.4 Å². The molecule has 3 heterocycles. The zero-order chi connectivity index (χ0) is 33.5. The summed E-state index contributed by atoms with van der Waals surface area (Å²) in [6.07, 6.45) is 6.00. The van der Waals surface area contributed by atoms with Crippen LogP contribution in [0.15, 0.2) is 71.7 Å². The molecule has 252 valence electrons. The number of nitrogens with one attached hydrogen (secondary N) is 3. The average molecular weight is 671 g/mol. The van der Waals surface area contributed by atoms with Crippen LogP contribution >= 0.6 is 11.3 Å². The van der Waals surface area contributed by atoms with E-state index in [0.29, 0.717) is 49.2 Å². The van der Waals surface area contributed by atoms with Gasteiger partial charge in [-0.2, -0.15) is 0 Å². The number of aryl methyl sites for hydroxylation is 1. The van der Waals surface area contributed by atoms with Crippen LogP contribution in [0, 0.1) is 5.82 Å². The number of amides is 2. The number of halogens is 1. The topological polar surface area (TPSA) is 108 Å². The summed E-state index contributed by atoms with van der Waals surface area (Å²) in [7, 11) is 0. The monoisotopic (exact) mass is 670 g/mol. The molecule has 9 nitrogen and oxygen atoms in total. The van der Waals surface area contributed by atoms with Crippen LogP contribution < -0.4 is 20.7 Å². The second-order valence-electron chi connectivity index (χ2n) is 13.0. The van der Waals surface area contributed by atoms with Crippen LogP contribution in [0.25, 0.3) is 11.1 Å². The van der Waals surface area contributed by atoms with Gasteiger partial charge in [0.1, 0.15) is 22.8 Å². The highest BCUT2D eigenvalue weighted by Gasteiger charge is 2.26. The smallest absolute Gasteiger partial charge is 0.270 e. The standard InChI is InChI=1S/C37H43FN6O3S/c1-24-20-44(21-25(2)41-24)16-4-5-26-8-10-27(11-9-26)28-6-3-7-32(17-28)47-37-33(18-29(38)19-39-37)35(45)42-30-12-14-31(15-13-30)43-36(46)34-22-48-23-40-34/h3,6-11,17-19,22-25,30-31,41H,4-5,12-16,20-21H2,1-2H3,(H,42,45)(H,43,46)/t24-,25+,30-,31-. The molecule has 1 aliphatic heterocycles. The molecular weight excluding hydrogens is 628 g/mol. The number of carbonyl (C=O) groups is 2. The first-order valence-corrected chi connectivity index (χ1v) is 17.7. The summed E-state index contributed by atoms with van der Waals surface area (Å²) >= 11 is 1.38. The fraction of sp³-hybridized carbons (Fsp3) is 0.405. The third kappa shape index (κ3) is 9.03. The third-order valence-electron chi connectivity index (χ3n) is 9.03. The molecular formula is C37H43FN6O3S. The minimum absolute atomic E-state index is 0.0148. The van der Waals surface area contributed by atoms with Gasteiger partial charge in [-0.15, -0.1) is 11.3 Å². The van der Waals surface area contributed by atoms with E-state index in [2.05, 4.69) is 68.9 Å². The minimum atomic E-state index is -0.619. The summed E-state index contributed by atoms with van der Waals surface area (Å²) in [5.41, 5.74) is 5.41. The number of benzene rings is 2. The number of ether oxygens (including phenoxy) is 1. The van der Waals surface area contributed by atoms with Crippen LogP contribution in [0.1, 0.15) is 72.4 Å². The Hall–Kier alpha value is -4.19. The second-order valence-corrected chi connectivity index (χ2v) is 13.8. The van der Waals surface area contributed by atoms with E-state index in [1.165, 1.54) is 16.9 Å². The summed E-state index contributed by atoms with van der Waals surface area (Å²) in [6.45, 7) is 7.79. The Kier molecular flexibility index (Phi) is 11.1. The molecule has 0 spiro atoms. The molecule has 11 heteroatoms. The minimum Gasteiger partial charge on any atom is -0.438 e. The number of carbonyl (C=O) groups excluding carboxylic acids is 2. The zero-order valence-corrected chi connectivity index (χ0v) is 28.3. The Bertz CT molecular complexity index is 1670. The number of piperazine rings is 1. The number of hydrogen-bond acceptors (Lipinski definition) is 8. The molecule has 48 heavy (non-hydrogen) atoms. The maximum Gasteiger partial charge on any atom is 0.270 e. The largest absolute Gasteiger partial charge is 0.438 e. The predicted octanol–water partition coefficient (Wildman–Crippen LogP) is 6.22. The van der Waals surface area contributed by atoms with Crippen molar-refractivity contribution in [3.05, 3.63) is 94.3 Å². The number of rotatable bonds is 11. The summed E-state index contributed by atoms with van der Waals surface area (Å²) in [6, 6.07) is 18.3. The van der Waals surface area contributed by atoms with E-state index in [-0.39, 0.29) is 29.4 Å². The highest BCUT2D eigenvalue weighted by Crippen LogP contribution is 2.29.